The molecule has 1 saturated carbocycles. The van der Waals surface area contributed by atoms with Crippen molar-refractivity contribution in [3.8, 4) is 0 Å². The second-order valence-electron chi connectivity index (χ2n) is 7.15. The highest BCUT2D eigenvalue weighted by Crippen LogP contribution is 2.34. The van der Waals surface area contributed by atoms with E-state index in [2.05, 4.69) is 31.4 Å². The number of nitrogens with two attached hydrogens (primary N) is 1. The minimum absolute atomic E-state index is 0.0301. The summed E-state index contributed by atoms with van der Waals surface area (Å²) in [6.07, 6.45) is 3.08. The fourth-order valence-electron chi connectivity index (χ4n) is 3.37. The van der Waals surface area contributed by atoms with Crippen molar-refractivity contribution in [1.82, 2.24) is 10.6 Å². The fraction of sp³-hybridized carbons (Fsp3) is 0.929. The molecule has 2 fully saturated rings. The Morgan fingerprint density at radius 3 is 2.78 bits per heavy atom. The van der Waals surface area contributed by atoms with Crippen LogP contribution in [-0.4, -0.2) is 31.1 Å². The highest BCUT2D eigenvalue weighted by atomic mass is 16.2. The van der Waals surface area contributed by atoms with Gasteiger partial charge in [0, 0.05) is 12.6 Å². The Morgan fingerprint density at radius 2 is 2.11 bits per heavy atom. The summed E-state index contributed by atoms with van der Waals surface area (Å²) in [6, 6.07) is -0.0399. The molecule has 0 aromatic heterocycles. The van der Waals surface area contributed by atoms with Crippen LogP contribution in [-0.2, 0) is 4.79 Å². The molecule has 4 atom stereocenters. The predicted octanol–water partition coefficient (Wildman–Crippen LogP) is 0.864. The van der Waals surface area contributed by atoms with Crippen molar-refractivity contribution in [3.05, 3.63) is 0 Å². The van der Waals surface area contributed by atoms with Crippen molar-refractivity contribution in [2.45, 2.75) is 52.1 Å². The second-order valence-corrected chi connectivity index (χ2v) is 7.15. The van der Waals surface area contributed by atoms with Crippen LogP contribution in [0.1, 0.15) is 40.0 Å². The van der Waals surface area contributed by atoms with Crippen molar-refractivity contribution < 1.29 is 4.79 Å². The fourth-order valence-corrected chi connectivity index (χ4v) is 3.37. The first-order chi connectivity index (χ1) is 8.37. The van der Waals surface area contributed by atoms with Gasteiger partial charge in [-0.15, -0.1) is 0 Å². The van der Waals surface area contributed by atoms with E-state index in [-0.39, 0.29) is 17.4 Å². The van der Waals surface area contributed by atoms with E-state index in [9.17, 15) is 4.79 Å². The number of carbonyl (C=O) groups excluding carboxylic acids is 1. The third-order valence-electron chi connectivity index (χ3n) is 4.25. The van der Waals surface area contributed by atoms with Gasteiger partial charge in [-0.3, -0.25) is 4.79 Å². The van der Waals surface area contributed by atoms with E-state index < -0.39 is 0 Å². The molecule has 0 bridgehead atoms. The van der Waals surface area contributed by atoms with Crippen LogP contribution >= 0.6 is 0 Å². The molecule has 1 aliphatic heterocycles. The lowest BCUT2D eigenvalue weighted by Crippen LogP contribution is -2.48. The summed E-state index contributed by atoms with van der Waals surface area (Å²) in [5.74, 6) is 1.41. The van der Waals surface area contributed by atoms with Gasteiger partial charge in [-0.05, 0) is 43.1 Å². The maximum atomic E-state index is 12.1. The average molecular weight is 253 g/mol. The Hall–Kier alpha value is -0.610. The zero-order chi connectivity index (χ0) is 13.3. The van der Waals surface area contributed by atoms with E-state index in [0.717, 1.165) is 31.8 Å². The van der Waals surface area contributed by atoms with E-state index >= 15 is 0 Å². The number of rotatable bonds is 3. The van der Waals surface area contributed by atoms with Crippen LogP contribution in [0.4, 0.5) is 0 Å². The summed E-state index contributed by atoms with van der Waals surface area (Å²) in [6.45, 7) is 8.51. The van der Waals surface area contributed by atoms with Crippen LogP contribution in [0, 0.1) is 17.3 Å². The quantitative estimate of drug-likeness (QED) is 0.699. The van der Waals surface area contributed by atoms with Crippen LogP contribution < -0.4 is 16.4 Å². The molecule has 4 N–H and O–H groups in total. The monoisotopic (exact) mass is 253 g/mol. The minimum Gasteiger partial charge on any atom is -0.352 e. The highest BCUT2D eigenvalue weighted by molar-refractivity contribution is 5.81. The minimum atomic E-state index is -0.376. The maximum Gasteiger partial charge on any atom is 0.237 e. The molecule has 1 amide bonds. The SMILES string of the molecule is CC(C)(C)C[C@H](N)C(=O)N[C@H]1CC[C@@H]2CNC[C@@H]21. The van der Waals surface area contributed by atoms with Gasteiger partial charge in [0.2, 0.25) is 5.91 Å². The summed E-state index contributed by atoms with van der Waals surface area (Å²) in [4.78, 5) is 12.1. The lowest BCUT2D eigenvalue weighted by Gasteiger charge is -2.25. The summed E-state index contributed by atoms with van der Waals surface area (Å²) in [5.41, 5.74) is 6.09. The smallest absolute Gasteiger partial charge is 0.237 e. The molecule has 0 aromatic carbocycles. The topological polar surface area (TPSA) is 67.2 Å². The number of hydrogen-bond donors (Lipinski definition) is 3. The molecule has 4 heteroatoms. The number of hydrogen-bond acceptors (Lipinski definition) is 3. The summed E-state index contributed by atoms with van der Waals surface area (Å²) < 4.78 is 0. The van der Waals surface area contributed by atoms with Crippen LogP contribution in [0.3, 0.4) is 0 Å². The van der Waals surface area contributed by atoms with Crippen molar-refractivity contribution >= 4 is 5.91 Å². The van der Waals surface area contributed by atoms with Crippen LogP contribution in [0.15, 0.2) is 0 Å². The molecule has 4 nitrogen and oxygen atoms in total. The molecule has 0 unspecified atom stereocenters. The van der Waals surface area contributed by atoms with Gasteiger partial charge in [0.15, 0.2) is 0 Å². The molecule has 2 aliphatic rings. The number of carbonyl (C=O) groups is 1. The Balaban J connectivity index is 1.84. The third kappa shape index (κ3) is 3.23. The molecule has 0 radical (unpaired) electrons. The van der Waals surface area contributed by atoms with Crippen LogP contribution in [0.25, 0.3) is 0 Å². The van der Waals surface area contributed by atoms with Gasteiger partial charge in [0.25, 0.3) is 0 Å². The predicted molar refractivity (Wildman–Crippen MR) is 73.1 cm³/mol. The molecule has 1 heterocycles. The zero-order valence-corrected chi connectivity index (χ0v) is 11.8. The standard InChI is InChI=1S/C14H27N3O/c1-14(2,3)6-11(15)13(18)17-12-5-4-9-7-16-8-10(9)12/h9-12,16H,4-8,15H2,1-3H3,(H,17,18)/t9-,10+,11+,12+/m1/s1. The largest absolute Gasteiger partial charge is 0.352 e. The lowest BCUT2D eigenvalue weighted by atomic mass is 9.88. The average Bonchev–Trinajstić information content (AvgIpc) is 2.80. The highest BCUT2D eigenvalue weighted by Gasteiger charge is 2.40. The van der Waals surface area contributed by atoms with E-state index in [1.165, 1.54) is 6.42 Å². The Morgan fingerprint density at radius 1 is 1.39 bits per heavy atom. The number of nitrogens with one attached hydrogen (secondary N) is 2. The zero-order valence-electron chi connectivity index (χ0n) is 11.8. The van der Waals surface area contributed by atoms with Crippen molar-refractivity contribution in [1.29, 1.82) is 0 Å². The van der Waals surface area contributed by atoms with Gasteiger partial charge in [0.05, 0.1) is 6.04 Å². The van der Waals surface area contributed by atoms with Gasteiger partial charge in [-0.25, -0.2) is 0 Å². The van der Waals surface area contributed by atoms with Gasteiger partial charge in [0.1, 0.15) is 0 Å². The van der Waals surface area contributed by atoms with E-state index in [1.54, 1.807) is 0 Å². The molecule has 0 spiro atoms. The van der Waals surface area contributed by atoms with Crippen LogP contribution in [0.5, 0.6) is 0 Å². The Bertz CT molecular complexity index is 311. The molecular weight excluding hydrogens is 226 g/mol. The number of fused-ring (bicyclic) bond motifs is 1. The molecule has 2 rings (SSSR count). The van der Waals surface area contributed by atoms with Crippen molar-refractivity contribution in [2.75, 3.05) is 13.1 Å². The van der Waals surface area contributed by atoms with Crippen molar-refractivity contribution in [3.63, 3.8) is 0 Å². The molecule has 104 valence electrons. The van der Waals surface area contributed by atoms with E-state index in [0.29, 0.717) is 12.0 Å². The third-order valence-corrected chi connectivity index (χ3v) is 4.25. The molecular formula is C14H27N3O. The van der Waals surface area contributed by atoms with Crippen LogP contribution in [0.2, 0.25) is 0 Å². The first-order valence-corrected chi connectivity index (χ1v) is 7.13. The summed E-state index contributed by atoms with van der Waals surface area (Å²) in [7, 11) is 0. The van der Waals surface area contributed by atoms with E-state index in [4.69, 9.17) is 5.73 Å². The summed E-state index contributed by atoms with van der Waals surface area (Å²) in [5, 5.41) is 6.58. The Kier molecular flexibility index (Phi) is 3.97. The lowest BCUT2D eigenvalue weighted by molar-refractivity contribution is -0.123. The first-order valence-electron chi connectivity index (χ1n) is 7.13. The normalized spacial score (nSPS) is 33.2. The molecule has 1 aliphatic carbocycles. The van der Waals surface area contributed by atoms with E-state index in [1.807, 2.05) is 0 Å². The maximum absolute atomic E-state index is 12.1. The molecule has 1 saturated heterocycles. The van der Waals surface area contributed by atoms with Crippen molar-refractivity contribution in [2.24, 2.45) is 23.0 Å². The number of amides is 1. The Labute approximate surface area is 110 Å². The van der Waals surface area contributed by atoms with Gasteiger partial charge in [-0.1, -0.05) is 20.8 Å². The molecule has 18 heavy (non-hydrogen) atoms. The first kappa shape index (κ1) is 13.8. The van der Waals surface area contributed by atoms with Gasteiger partial charge < -0.3 is 16.4 Å². The van der Waals surface area contributed by atoms with Gasteiger partial charge >= 0.3 is 0 Å². The second kappa shape index (κ2) is 5.17. The summed E-state index contributed by atoms with van der Waals surface area (Å²) >= 11 is 0. The molecule has 0 aromatic rings. The van der Waals surface area contributed by atoms with Gasteiger partial charge in [-0.2, -0.15) is 0 Å².